The van der Waals surface area contributed by atoms with E-state index in [-0.39, 0.29) is 58.7 Å². The maximum Gasteiger partial charge on any atom is 4.00 e. The van der Waals surface area contributed by atoms with Crippen LogP contribution in [0.15, 0.2) is 70.1 Å². The monoisotopic (exact) mass is 730 g/mol. The number of hydrogen-bond donors (Lipinski definition) is 0. The Morgan fingerprint density at radius 3 is 0.956 bits per heavy atom. The molecule has 2 aromatic rings. The van der Waals surface area contributed by atoms with E-state index < -0.39 is 80.8 Å². The Labute approximate surface area is 280 Å². The molecule has 0 aliphatic carbocycles. The van der Waals surface area contributed by atoms with Gasteiger partial charge in [-0.05, 0) is 47.2 Å². The zero-order valence-electron chi connectivity index (χ0n) is 24.4. The summed E-state index contributed by atoms with van der Waals surface area (Å²) < 4.78 is 131. The standard InChI is InChI=1S/2C14H14F5NO.2ClH.Ti/c2*1-13(2,3)11(21)7-10(14(17,18)19)20-12-8(15)5-4-6-9(12)16;;;/h2*4-7,21H,1-3H3;2*1H;/q;;;;+4/p-4/b2*11-7-,20-10?;;;. The molecule has 0 amide bonds. The van der Waals surface area contributed by atoms with Crippen LogP contribution in [0.1, 0.15) is 41.5 Å². The maximum atomic E-state index is 13.4. The summed E-state index contributed by atoms with van der Waals surface area (Å²) in [6.07, 6.45) is -9.50. The van der Waals surface area contributed by atoms with E-state index in [1.807, 2.05) is 0 Å². The molecule has 0 radical (unpaired) electrons. The number of nitrogens with zero attached hydrogens (tertiary/aromatic N) is 2. The van der Waals surface area contributed by atoms with Crippen LogP contribution < -0.4 is 35.0 Å². The van der Waals surface area contributed by atoms with Crippen molar-refractivity contribution in [2.75, 3.05) is 0 Å². The summed E-state index contributed by atoms with van der Waals surface area (Å²) in [5.41, 5.74) is -7.59. The number of hydrogen-bond acceptors (Lipinski definition) is 4. The van der Waals surface area contributed by atoms with Crippen LogP contribution in [0.3, 0.4) is 0 Å². The van der Waals surface area contributed by atoms with Gasteiger partial charge in [0.25, 0.3) is 0 Å². The number of rotatable bonds is 4. The van der Waals surface area contributed by atoms with Crippen LogP contribution in [-0.4, -0.2) is 23.8 Å². The first-order valence-electron chi connectivity index (χ1n) is 11.8. The molecule has 2 rings (SSSR count). The molecular formula is C28H26Cl2F10N2O2Ti. The van der Waals surface area contributed by atoms with Crippen molar-refractivity contribution in [2.45, 2.75) is 53.9 Å². The van der Waals surface area contributed by atoms with Crippen molar-refractivity contribution in [1.29, 1.82) is 0 Å². The molecule has 248 valence electrons. The molecule has 0 atom stereocenters. The van der Waals surface area contributed by atoms with Crippen LogP contribution in [0.5, 0.6) is 0 Å². The SMILES string of the molecule is CC(C)(C)/C([O-])=C/C(=Nc1c(F)cccc1F)C(F)(F)F.CC(C)(C)/C([O-])=C/C(=Nc1c(F)cccc1F)C(F)(F)F.[Cl-].[Cl-].[Ti+4]. The van der Waals surface area contributed by atoms with Gasteiger partial charge in [-0.3, -0.25) is 0 Å². The summed E-state index contributed by atoms with van der Waals surface area (Å²) in [5.74, 6) is -6.67. The number of halogens is 12. The fraction of sp³-hybridized carbons (Fsp3) is 0.357. The van der Waals surface area contributed by atoms with Crippen LogP contribution >= 0.6 is 0 Å². The fourth-order valence-corrected chi connectivity index (χ4v) is 2.47. The molecule has 0 spiro atoms. The molecule has 4 nitrogen and oxygen atoms in total. The topological polar surface area (TPSA) is 70.8 Å². The van der Waals surface area contributed by atoms with Crippen molar-refractivity contribution < 1.29 is 101 Å². The number of alkyl halides is 6. The molecule has 0 fully saturated rings. The molecule has 0 aliphatic rings. The first-order valence-corrected chi connectivity index (χ1v) is 11.8. The van der Waals surface area contributed by atoms with E-state index in [1.54, 1.807) is 0 Å². The molecule has 0 N–H and O–H groups in total. The van der Waals surface area contributed by atoms with Gasteiger partial charge in [0.1, 0.15) is 22.8 Å². The summed E-state index contributed by atoms with van der Waals surface area (Å²) in [4.78, 5) is 5.90. The van der Waals surface area contributed by atoms with E-state index in [0.29, 0.717) is 0 Å². The summed E-state index contributed by atoms with van der Waals surface area (Å²) >= 11 is 0. The predicted molar refractivity (Wildman–Crippen MR) is 134 cm³/mol. The van der Waals surface area contributed by atoms with Gasteiger partial charge >= 0.3 is 34.1 Å². The van der Waals surface area contributed by atoms with E-state index in [1.165, 1.54) is 41.5 Å². The van der Waals surface area contributed by atoms with Crippen molar-refractivity contribution in [2.24, 2.45) is 20.8 Å². The minimum absolute atomic E-state index is 0. The normalized spacial score (nSPS) is 13.5. The second-order valence-corrected chi connectivity index (χ2v) is 10.6. The summed E-state index contributed by atoms with van der Waals surface area (Å²) in [6.45, 7) is 8.52. The van der Waals surface area contributed by atoms with E-state index in [4.69, 9.17) is 0 Å². The first-order chi connectivity index (χ1) is 18.9. The van der Waals surface area contributed by atoms with E-state index in [2.05, 4.69) is 9.98 Å². The van der Waals surface area contributed by atoms with Crippen molar-refractivity contribution in [1.82, 2.24) is 0 Å². The van der Waals surface area contributed by atoms with Gasteiger partial charge in [-0.25, -0.2) is 27.5 Å². The molecule has 0 heterocycles. The zero-order chi connectivity index (χ0) is 32.8. The van der Waals surface area contributed by atoms with Crippen LogP contribution in [-0.2, 0) is 21.7 Å². The van der Waals surface area contributed by atoms with E-state index in [9.17, 15) is 54.1 Å². The second kappa shape index (κ2) is 18.0. The molecule has 0 aliphatic heterocycles. The van der Waals surface area contributed by atoms with E-state index in [0.717, 1.165) is 36.4 Å². The van der Waals surface area contributed by atoms with Crippen LogP contribution in [0.2, 0.25) is 0 Å². The van der Waals surface area contributed by atoms with Crippen LogP contribution in [0.4, 0.5) is 55.3 Å². The minimum atomic E-state index is -5.00. The van der Waals surface area contributed by atoms with Crippen molar-refractivity contribution in [3.05, 3.63) is 83.3 Å². The Balaban J connectivity index is -0.000000735. The molecule has 0 saturated carbocycles. The molecule has 0 aromatic heterocycles. The summed E-state index contributed by atoms with van der Waals surface area (Å²) in [6, 6.07) is 5.12. The van der Waals surface area contributed by atoms with Gasteiger partial charge in [-0.1, -0.05) is 53.7 Å². The Morgan fingerprint density at radius 2 is 0.778 bits per heavy atom. The average Bonchev–Trinajstić information content (AvgIpc) is 2.80. The zero-order valence-corrected chi connectivity index (χ0v) is 27.4. The smallest absolute Gasteiger partial charge is 1.00 e. The van der Waals surface area contributed by atoms with Crippen molar-refractivity contribution in [3.63, 3.8) is 0 Å². The van der Waals surface area contributed by atoms with Gasteiger partial charge in [0, 0.05) is 0 Å². The van der Waals surface area contributed by atoms with Crippen LogP contribution in [0.25, 0.3) is 0 Å². The Hall–Kier alpha value is -2.55. The molecule has 17 heteroatoms. The minimum Gasteiger partial charge on any atom is -1.00 e. The van der Waals surface area contributed by atoms with Gasteiger partial charge < -0.3 is 35.0 Å². The molecule has 0 bridgehead atoms. The Morgan fingerprint density at radius 1 is 0.556 bits per heavy atom. The number of benzene rings is 2. The van der Waals surface area contributed by atoms with Crippen molar-refractivity contribution in [3.8, 4) is 0 Å². The maximum absolute atomic E-state index is 13.4. The number of para-hydroxylation sites is 2. The average molecular weight is 731 g/mol. The second-order valence-electron chi connectivity index (χ2n) is 10.6. The Kier molecular flexibility index (Phi) is 18.7. The molecule has 45 heavy (non-hydrogen) atoms. The summed E-state index contributed by atoms with van der Waals surface area (Å²) in [7, 11) is 0. The number of allylic oxidation sites excluding steroid dienone is 4. The van der Waals surface area contributed by atoms with Gasteiger partial charge in [-0.2, -0.15) is 26.3 Å². The van der Waals surface area contributed by atoms with Gasteiger partial charge in [0.05, 0.1) is 0 Å². The third kappa shape index (κ3) is 15.1. The molecule has 2 aromatic carbocycles. The van der Waals surface area contributed by atoms with Gasteiger partial charge in [-0.15, -0.1) is 11.5 Å². The fourth-order valence-electron chi connectivity index (χ4n) is 2.47. The molecular weight excluding hydrogens is 705 g/mol. The van der Waals surface area contributed by atoms with Gasteiger partial charge in [0.2, 0.25) is 0 Å². The molecule has 0 saturated heterocycles. The first kappa shape index (κ1) is 46.9. The predicted octanol–water partition coefficient (Wildman–Crippen LogP) is 1.79. The largest absolute Gasteiger partial charge is 4.00 e. The third-order valence-corrected chi connectivity index (χ3v) is 4.93. The number of aliphatic imine (C=N–C) groups is 2. The van der Waals surface area contributed by atoms with Gasteiger partial charge in [0.15, 0.2) is 23.3 Å². The Bertz CT molecular complexity index is 1250. The third-order valence-electron chi connectivity index (χ3n) is 4.93. The van der Waals surface area contributed by atoms with Crippen LogP contribution in [0, 0.1) is 34.1 Å². The van der Waals surface area contributed by atoms with Crippen molar-refractivity contribution >= 4 is 22.8 Å². The quantitative estimate of drug-likeness (QED) is 0.209. The van der Waals surface area contributed by atoms with E-state index >= 15 is 0 Å². The molecule has 0 unspecified atom stereocenters. The summed E-state index contributed by atoms with van der Waals surface area (Å²) in [5, 5.41) is 23.3.